The maximum absolute atomic E-state index is 12.5. The molecule has 1 aliphatic rings. The highest BCUT2D eigenvalue weighted by Gasteiger charge is 2.23. The average Bonchev–Trinajstić information content (AvgIpc) is 2.84. The van der Waals surface area contributed by atoms with E-state index in [0.29, 0.717) is 0 Å². The Bertz CT molecular complexity index is 605. The second kappa shape index (κ2) is 5.67. The van der Waals surface area contributed by atoms with Gasteiger partial charge in [0, 0.05) is 34.7 Å². The number of nitrogens with one attached hydrogen (secondary N) is 2. The Hall–Kier alpha value is -1.81. The van der Waals surface area contributed by atoms with Gasteiger partial charge in [0.15, 0.2) is 0 Å². The van der Waals surface area contributed by atoms with Crippen LogP contribution in [0.4, 0.5) is 0 Å². The Morgan fingerprint density at radius 3 is 2.95 bits per heavy atom. The molecular weight excluding hydrogens is 250 g/mol. The van der Waals surface area contributed by atoms with Crippen LogP contribution in [0.2, 0.25) is 0 Å². The van der Waals surface area contributed by atoms with Crippen molar-refractivity contribution in [3.8, 4) is 0 Å². The fourth-order valence-electron chi connectivity index (χ4n) is 3.05. The number of nitrogens with two attached hydrogens (primary N) is 1. The number of amides is 1. The van der Waals surface area contributed by atoms with Gasteiger partial charge in [0.1, 0.15) is 0 Å². The summed E-state index contributed by atoms with van der Waals surface area (Å²) in [5, 5.41) is 4.09. The highest BCUT2D eigenvalue weighted by molar-refractivity contribution is 6.06. The van der Waals surface area contributed by atoms with Crippen LogP contribution in [0.5, 0.6) is 0 Å². The molecule has 1 aliphatic carbocycles. The van der Waals surface area contributed by atoms with Crippen LogP contribution < -0.4 is 11.1 Å². The molecule has 3 rings (SSSR count). The Morgan fingerprint density at radius 1 is 1.20 bits per heavy atom. The molecule has 0 radical (unpaired) electrons. The quantitative estimate of drug-likeness (QED) is 0.735. The minimum absolute atomic E-state index is 0.0162. The number of benzene rings is 1. The van der Waals surface area contributed by atoms with E-state index in [1.54, 1.807) is 0 Å². The molecule has 1 aromatic heterocycles. The van der Waals surface area contributed by atoms with E-state index in [0.717, 1.165) is 35.7 Å². The van der Waals surface area contributed by atoms with Gasteiger partial charge in [0.25, 0.3) is 5.91 Å². The molecule has 0 aliphatic heterocycles. The van der Waals surface area contributed by atoms with Gasteiger partial charge in [-0.2, -0.15) is 0 Å². The van der Waals surface area contributed by atoms with Crippen LogP contribution >= 0.6 is 0 Å². The summed E-state index contributed by atoms with van der Waals surface area (Å²) < 4.78 is 0. The molecule has 0 saturated heterocycles. The first-order valence-corrected chi connectivity index (χ1v) is 7.38. The van der Waals surface area contributed by atoms with Crippen LogP contribution in [0.15, 0.2) is 30.5 Å². The summed E-state index contributed by atoms with van der Waals surface area (Å²) in [6.45, 7) is 0. The summed E-state index contributed by atoms with van der Waals surface area (Å²) in [5.41, 5.74) is 7.89. The van der Waals surface area contributed by atoms with Crippen LogP contribution in [-0.2, 0) is 0 Å². The van der Waals surface area contributed by atoms with Crippen molar-refractivity contribution in [2.24, 2.45) is 5.73 Å². The molecule has 1 amide bonds. The highest BCUT2D eigenvalue weighted by atomic mass is 16.1. The third-order valence-electron chi connectivity index (χ3n) is 4.23. The van der Waals surface area contributed by atoms with Gasteiger partial charge >= 0.3 is 0 Å². The maximum Gasteiger partial charge on any atom is 0.252 e. The molecule has 1 heterocycles. The average molecular weight is 271 g/mol. The zero-order chi connectivity index (χ0) is 13.9. The van der Waals surface area contributed by atoms with E-state index < -0.39 is 0 Å². The number of rotatable bonds is 2. The van der Waals surface area contributed by atoms with Crippen LogP contribution in [0.1, 0.15) is 42.5 Å². The normalized spacial score (nSPS) is 23.4. The second-order valence-corrected chi connectivity index (χ2v) is 5.63. The summed E-state index contributed by atoms with van der Waals surface area (Å²) >= 11 is 0. The summed E-state index contributed by atoms with van der Waals surface area (Å²) in [7, 11) is 0. The third kappa shape index (κ3) is 2.56. The summed E-state index contributed by atoms with van der Waals surface area (Å²) in [6.07, 6.45) is 7.37. The summed E-state index contributed by atoms with van der Waals surface area (Å²) in [4.78, 5) is 15.6. The van der Waals surface area contributed by atoms with Gasteiger partial charge in [-0.1, -0.05) is 25.3 Å². The molecule has 2 aromatic rings. The van der Waals surface area contributed by atoms with Gasteiger partial charge in [0.05, 0.1) is 0 Å². The first kappa shape index (κ1) is 13.2. The monoisotopic (exact) mass is 271 g/mol. The molecule has 2 atom stereocenters. The molecule has 1 saturated carbocycles. The molecule has 20 heavy (non-hydrogen) atoms. The number of hydrogen-bond donors (Lipinski definition) is 3. The predicted molar refractivity (Wildman–Crippen MR) is 80.6 cm³/mol. The lowest BCUT2D eigenvalue weighted by Crippen LogP contribution is -2.46. The van der Waals surface area contributed by atoms with Crippen LogP contribution in [0, 0.1) is 0 Å². The fraction of sp³-hybridized carbons (Fsp3) is 0.438. The second-order valence-electron chi connectivity index (χ2n) is 5.63. The number of aromatic amines is 1. The smallest absolute Gasteiger partial charge is 0.252 e. The predicted octanol–water partition coefficient (Wildman–Crippen LogP) is 2.56. The minimum atomic E-state index is -0.0162. The lowest BCUT2D eigenvalue weighted by atomic mass is 10.0. The van der Waals surface area contributed by atoms with Crippen molar-refractivity contribution >= 4 is 16.8 Å². The van der Waals surface area contributed by atoms with Crippen molar-refractivity contribution < 1.29 is 4.79 Å². The Morgan fingerprint density at radius 2 is 2.05 bits per heavy atom. The molecule has 106 valence electrons. The molecule has 4 heteroatoms. The minimum Gasteiger partial charge on any atom is -0.361 e. The van der Waals surface area contributed by atoms with Gasteiger partial charge in [0.2, 0.25) is 0 Å². The maximum atomic E-state index is 12.5. The van der Waals surface area contributed by atoms with E-state index in [4.69, 9.17) is 5.73 Å². The summed E-state index contributed by atoms with van der Waals surface area (Å²) in [5.74, 6) is -0.0162. The van der Waals surface area contributed by atoms with Crippen molar-refractivity contribution in [1.82, 2.24) is 10.3 Å². The van der Waals surface area contributed by atoms with Crippen LogP contribution in [0.3, 0.4) is 0 Å². The Balaban J connectivity index is 1.80. The number of carbonyl (C=O) groups excluding carboxylic acids is 1. The van der Waals surface area contributed by atoms with Crippen molar-refractivity contribution in [3.63, 3.8) is 0 Å². The number of fused-ring (bicyclic) bond motifs is 1. The van der Waals surface area contributed by atoms with E-state index >= 15 is 0 Å². The van der Waals surface area contributed by atoms with E-state index in [-0.39, 0.29) is 18.0 Å². The van der Waals surface area contributed by atoms with E-state index in [9.17, 15) is 4.79 Å². The molecule has 4 nitrogen and oxygen atoms in total. The third-order valence-corrected chi connectivity index (χ3v) is 4.23. The number of H-pyrrole nitrogens is 1. The van der Waals surface area contributed by atoms with Gasteiger partial charge in [-0.25, -0.2) is 0 Å². The summed E-state index contributed by atoms with van der Waals surface area (Å²) in [6, 6.07) is 7.86. The highest BCUT2D eigenvalue weighted by Crippen LogP contribution is 2.20. The standard InChI is InChI=1S/C16H21N3O/c17-13-6-2-1-3-7-15(13)19-16(20)12-5-4-8-14-11(12)9-10-18-14/h4-5,8-10,13,15,18H,1-3,6-7,17H2,(H,19,20). The van der Waals surface area contributed by atoms with Crippen LogP contribution in [0.25, 0.3) is 10.9 Å². The first-order chi connectivity index (χ1) is 9.75. The van der Waals surface area contributed by atoms with Gasteiger partial charge < -0.3 is 16.0 Å². The number of hydrogen-bond acceptors (Lipinski definition) is 2. The van der Waals surface area contributed by atoms with E-state index in [1.807, 2.05) is 30.5 Å². The van der Waals surface area contributed by atoms with Gasteiger partial charge in [-0.3, -0.25) is 4.79 Å². The van der Waals surface area contributed by atoms with E-state index in [1.165, 1.54) is 12.8 Å². The molecule has 0 spiro atoms. The molecule has 2 unspecified atom stereocenters. The SMILES string of the molecule is NC1CCCCCC1NC(=O)c1cccc2[nH]ccc12. The first-order valence-electron chi connectivity index (χ1n) is 7.38. The van der Waals surface area contributed by atoms with Gasteiger partial charge in [-0.05, 0) is 31.0 Å². The lowest BCUT2D eigenvalue weighted by molar-refractivity contribution is 0.0930. The van der Waals surface area contributed by atoms with Crippen molar-refractivity contribution in [1.29, 1.82) is 0 Å². The molecule has 4 N–H and O–H groups in total. The molecule has 1 fully saturated rings. The lowest BCUT2D eigenvalue weighted by Gasteiger charge is -2.22. The number of carbonyl (C=O) groups is 1. The largest absolute Gasteiger partial charge is 0.361 e. The van der Waals surface area contributed by atoms with Crippen molar-refractivity contribution in [3.05, 3.63) is 36.0 Å². The van der Waals surface area contributed by atoms with Gasteiger partial charge in [-0.15, -0.1) is 0 Å². The Labute approximate surface area is 118 Å². The Kier molecular flexibility index (Phi) is 3.74. The zero-order valence-corrected chi connectivity index (χ0v) is 11.6. The molecule has 1 aromatic carbocycles. The van der Waals surface area contributed by atoms with E-state index in [2.05, 4.69) is 10.3 Å². The zero-order valence-electron chi connectivity index (χ0n) is 11.6. The number of aromatic nitrogens is 1. The molecular formula is C16H21N3O. The van der Waals surface area contributed by atoms with Crippen molar-refractivity contribution in [2.75, 3.05) is 0 Å². The topological polar surface area (TPSA) is 70.9 Å². The van der Waals surface area contributed by atoms with Crippen LogP contribution in [-0.4, -0.2) is 23.0 Å². The van der Waals surface area contributed by atoms with Crippen molar-refractivity contribution in [2.45, 2.75) is 44.2 Å². The fourth-order valence-corrected chi connectivity index (χ4v) is 3.05. The molecule has 0 bridgehead atoms.